The maximum atomic E-state index is 10.5. The molecule has 3 unspecified atom stereocenters. The zero-order valence-electron chi connectivity index (χ0n) is 8.95. The number of aliphatic carboxylic acids is 1. The highest BCUT2D eigenvalue weighted by atomic mass is 16.5. The van der Waals surface area contributed by atoms with E-state index in [0.717, 1.165) is 19.4 Å². The van der Waals surface area contributed by atoms with Gasteiger partial charge in [0.25, 0.3) is 0 Å². The van der Waals surface area contributed by atoms with Gasteiger partial charge in [-0.2, -0.15) is 0 Å². The van der Waals surface area contributed by atoms with E-state index in [1.165, 1.54) is 19.3 Å². The molecule has 1 aliphatic heterocycles. The van der Waals surface area contributed by atoms with Gasteiger partial charge in [-0.05, 0) is 19.3 Å². The molecule has 1 aliphatic carbocycles. The first kappa shape index (κ1) is 10.9. The molecule has 0 aromatic rings. The number of fused-ring (bicyclic) bond motifs is 1. The Hall–Kier alpha value is -0.610. The van der Waals surface area contributed by atoms with E-state index in [0.29, 0.717) is 18.1 Å². The Kier molecular flexibility index (Phi) is 3.59. The number of nitrogens with one attached hydrogen (secondary N) is 1. The first-order chi connectivity index (χ1) is 7.27. The fourth-order valence-corrected chi connectivity index (χ4v) is 2.83. The fraction of sp³-hybridized carbons (Fsp3) is 0.909. The topological polar surface area (TPSA) is 58.6 Å². The molecule has 4 nitrogen and oxygen atoms in total. The lowest BCUT2D eigenvalue weighted by molar-refractivity contribution is -0.136. The summed E-state index contributed by atoms with van der Waals surface area (Å²) in [6, 6.07) is 0.347. The minimum absolute atomic E-state index is 0.0773. The van der Waals surface area contributed by atoms with Gasteiger partial charge in [0.2, 0.25) is 0 Å². The minimum atomic E-state index is -0.770. The lowest BCUT2D eigenvalue weighted by Crippen LogP contribution is -2.49. The van der Waals surface area contributed by atoms with Crippen LogP contribution in [0, 0.1) is 5.92 Å². The van der Waals surface area contributed by atoms with Crippen LogP contribution >= 0.6 is 0 Å². The average Bonchev–Trinajstić information content (AvgIpc) is 2.26. The summed E-state index contributed by atoms with van der Waals surface area (Å²) in [6.07, 6.45) is 6.17. The predicted octanol–water partition coefficient (Wildman–Crippen LogP) is 1.01. The van der Waals surface area contributed by atoms with E-state index in [9.17, 15) is 4.79 Å². The van der Waals surface area contributed by atoms with Gasteiger partial charge in [0, 0.05) is 18.6 Å². The molecule has 4 heteroatoms. The summed E-state index contributed by atoms with van der Waals surface area (Å²) in [7, 11) is 0. The van der Waals surface area contributed by atoms with Gasteiger partial charge >= 0.3 is 5.97 Å². The lowest BCUT2D eigenvalue weighted by Gasteiger charge is -2.41. The molecule has 0 bridgehead atoms. The van der Waals surface area contributed by atoms with E-state index in [1.54, 1.807) is 0 Å². The second kappa shape index (κ2) is 4.94. The molecule has 0 aromatic carbocycles. The number of rotatable bonds is 3. The number of hydrogen-bond acceptors (Lipinski definition) is 3. The van der Waals surface area contributed by atoms with Crippen LogP contribution in [-0.2, 0) is 9.53 Å². The quantitative estimate of drug-likeness (QED) is 0.734. The molecule has 2 rings (SSSR count). The highest BCUT2D eigenvalue weighted by Gasteiger charge is 2.35. The Morgan fingerprint density at radius 1 is 1.33 bits per heavy atom. The van der Waals surface area contributed by atoms with E-state index < -0.39 is 5.97 Å². The van der Waals surface area contributed by atoms with Crippen molar-refractivity contribution in [3.8, 4) is 0 Å². The van der Waals surface area contributed by atoms with Crippen molar-refractivity contribution in [3.63, 3.8) is 0 Å². The third kappa shape index (κ3) is 2.69. The SMILES string of the molecule is O=C(O)CNC1CCOC2CCCCC12. The summed E-state index contributed by atoms with van der Waals surface area (Å²) in [5, 5.41) is 11.8. The highest BCUT2D eigenvalue weighted by Crippen LogP contribution is 2.33. The van der Waals surface area contributed by atoms with Crippen molar-refractivity contribution >= 4 is 5.97 Å². The molecule has 2 fully saturated rings. The minimum Gasteiger partial charge on any atom is -0.480 e. The number of carboxylic acid groups (broad SMARTS) is 1. The summed E-state index contributed by atoms with van der Waals surface area (Å²) in [5.41, 5.74) is 0. The first-order valence-electron chi connectivity index (χ1n) is 5.84. The molecule has 2 N–H and O–H groups in total. The van der Waals surface area contributed by atoms with Gasteiger partial charge in [-0.3, -0.25) is 4.79 Å². The monoisotopic (exact) mass is 213 g/mol. The van der Waals surface area contributed by atoms with Crippen LogP contribution in [0.1, 0.15) is 32.1 Å². The Morgan fingerprint density at radius 2 is 2.13 bits per heavy atom. The second-order valence-corrected chi connectivity index (χ2v) is 4.53. The molecule has 86 valence electrons. The Labute approximate surface area is 90.0 Å². The number of carbonyl (C=O) groups is 1. The van der Waals surface area contributed by atoms with Gasteiger partial charge in [0.15, 0.2) is 0 Å². The van der Waals surface area contributed by atoms with E-state index in [4.69, 9.17) is 9.84 Å². The van der Waals surface area contributed by atoms with Crippen LogP contribution in [0.5, 0.6) is 0 Å². The summed E-state index contributed by atoms with van der Waals surface area (Å²) in [5.74, 6) is -0.235. The third-order valence-corrected chi connectivity index (χ3v) is 3.55. The average molecular weight is 213 g/mol. The molecular weight excluding hydrogens is 194 g/mol. The normalized spacial score (nSPS) is 35.9. The summed E-state index contributed by atoms with van der Waals surface area (Å²) < 4.78 is 5.73. The van der Waals surface area contributed by atoms with Gasteiger partial charge in [-0.25, -0.2) is 0 Å². The molecule has 0 aromatic heterocycles. The van der Waals surface area contributed by atoms with Crippen molar-refractivity contribution in [3.05, 3.63) is 0 Å². The molecule has 1 saturated heterocycles. The summed E-state index contributed by atoms with van der Waals surface area (Å²) in [4.78, 5) is 10.5. The standard InChI is InChI=1S/C11H19NO3/c13-11(14)7-12-9-5-6-15-10-4-2-1-3-8(9)10/h8-10,12H,1-7H2,(H,13,14). The van der Waals surface area contributed by atoms with Crippen LogP contribution < -0.4 is 5.32 Å². The van der Waals surface area contributed by atoms with Crippen LogP contribution in [0.15, 0.2) is 0 Å². The van der Waals surface area contributed by atoms with Gasteiger partial charge in [0.05, 0.1) is 12.6 Å². The zero-order valence-corrected chi connectivity index (χ0v) is 8.95. The molecule has 0 spiro atoms. The van der Waals surface area contributed by atoms with Crippen molar-refractivity contribution in [2.75, 3.05) is 13.2 Å². The summed E-state index contributed by atoms with van der Waals surface area (Å²) in [6.45, 7) is 0.854. The van der Waals surface area contributed by atoms with Crippen molar-refractivity contribution < 1.29 is 14.6 Å². The molecule has 0 radical (unpaired) electrons. The molecule has 2 aliphatic rings. The number of carboxylic acids is 1. The van der Waals surface area contributed by atoms with E-state index in [1.807, 2.05) is 0 Å². The van der Waals surface area contributed by atoms with Crippen LogP contribution in [-0.4, -0.2) is 36.4 Å². The fourth-order valence-electron chi connectivity index (χ4n) is 2.83. The van der Waals surface area contributed by atoms with Crippen LogP contribution in [0.4, 0.5) is 0 Å². The molecular formula is C11H19NO3. The Balaban J connectivity index is 1.88. The van der Waals surface area contributed by atoms with Crippen LogP contribution in [0.2, 0.25) is 0 Å². The smallest absolute Gasteiger partial charge is 0.317 e. The number of hydrogen-bond donors (Lipinski definition) is 2. The van der Waals surface area contributed by atoms with Crippen molar-refractivity contribution in [2.45, 2.75) is 44.2 Å². The maximum Gasteiger partial charge on any atom is 0.317 e. The van der Waals surface area contributed by atoms with Crippen molar-refractivity contribution in [1.82, 2.24) is 5.32 Å². The van der Waals surface area contributed by atoms with Crippen LogP contribution in [0.3, 0.4) is 0 Å². The molecule has 15 heavy (non-hydrogen) atoms. The van der Waals surface area contributed by atoms with Gasteiger partial charge < -0.3 is 15.2 Å². The molecule has 3 atom stereocenters. The van der Waals surface area contributed by atoms with Crippen LogP contribution in [0.25, 0.3) is 0 Å². The van der Waals surface area contributed by atoms with Crippen molar-refractivity contribution in [2.24, 2.45) is 5.92 Å². The molecule has 1 saturated carbocycles. The third-order valence-electron chi connectivity index (χ3n) is 3.55. The summed E-state index contributed by atoms with van der Waals surface area (Å²) >= 11 is 0. The van der Waals surface area contributed by atoms with Gasteiger partial charge in [0.1, 0.15) is 0 Å². The molecule has 1 heterocycles. The van der Waals surface area contributed by atoms with Crippen molar-refractivity contribution in [1.29, 1.82) is 0 Å². The highest BCUT2D eigenvalue weighted by molar-refractivity contribution is 5.69. The van der Waals surface area contributed by atoms with E-state index in [2.05, 4.69) is 5.32 Å². The zero-order chi connectivity index (χ0) is 10.7. The van der Waals surface area contributed by atoms with E-state index in [-0.39, 0.29) is 6.54 Å². The lowest BCUT2D eigenvalue weighted by atomic mass is 9.79. The predicted molar refractivity (Wildman–Crippen MR) is 55.7 cm³/mol. The Bertz CT molecular complexity index is 230. The Morgan fingerprint density at radius 3 is 2.93 bits per heavy atom. The van der Waals surface area contributed by atoms with Gasteiger partial charge in [-0.15, -0.1) is 0 Å². The first-order valence-corrected chi connectivity index (χ1v) is 5.84. The molecule has 0 amide bonds. The second-order valence-electron chi connectivity index (χ2n) is 4.53. The maximum absolute atomic E-state index is 10.5. The van der Waals surface area contributed by atoms with E-state index >= 15 is 0 Å². The largest absolute Gasteiger partial charge is 0.480 e. The van der Waals surface area contributed by atoms with Gasteiger partial charge in [-0.1, -0.05) is 12.8 Å². The number of ether oxygens (including phenoxy) is 1.